The van der Waals surface area contributed by atoms with Crippen LogP contribution in [0.15, 0.2) is 109 Å². The lowest BCUT2D eigenvalue weighted by Gasteiger charge is -2.23. The molecule has 0 aromatic heterocycles. The summed E-state index contributed by atoms with van der Waals surface area (Å²) in [6.45, 7) is 4.79. The summed E-state index contributed by atoms with van der Waals surface area (Å²) in [4.78, 5) is 36.3. The van der Waals surface area contributed by atoms with Gasteiger partial charge in [-0.25, -0.2) is 0 Å². The van der Waals surface area contributed by atoms with Gasteiger partial charge in [0, 0.05) is 0 Å². The molecule has 0 bridgehead atoms. The van der Waals surface area contributed by atoms with E-state index >= 15 is 0 Å². The number of ether oxygens (including phenoxy) is 2. The molecule has 0 amide bonds. The summed E-state index contributed by atoms with van der Waals surface area (Å²) in [5.74, 6) is -0.517. The maximum absolute atomic E-state index is 12.4. The van der Waals surface area contributed by atoms with E-state index < -0.39 is 17.1 Å². The molecule has 4 aromatic rings. The van der Waals surface area contributed by atoms with Crippen LogP contribution in [0.1, 0.15) is 22.3 Å². The molecular formula is C34H38O5Si2. The second-order valence-electron chi connectivity index (χ2n) is 10.8. The lowest BCUT2D eigenvalue weighted by atomic mass is 10.1. The number of esters is 2. The summed E-state index contributed by atoms with van der Waals surface area (Å²) in [6, 6.07) is 37.0. The summed E-state index contributed by atoms with van der Waals surface area (Å²) >= 11 is 0. The Hall–Kier alpha value is -3.79. The molecule has 0 aliphatic heterocycles. The van der Waals surface area contributed by atoms with Gasteiger partial charge < -0.3 is 14.3 Å². The zero-order chi connectivity index (χ0) is 29.1. The van der Waals surface area contributed by atoms with Crippen molar-refractivity contribution in [1.82, 2.24) is 0 Å². The average Bonchev–Trinajstić information content (AvgIpc) is 2.99. The molecule has 212 valence electrons. The second kappa shape index (κ2) is 14.7. The lowest BCUT2D eigenvalue weighted by Crippen LogP contribution is -2.46. The van der Waals surface area contributed by atoms with Crippen LogP contribution in [0, 0.1) is 0 Å². The van der Waals surface area contributed by atoms with Crippen molar-refractivity contribution in [2.45, 2.75) is 51.2 Å². The maximum Gasteiger partial charge on any atom is 0.310 e. The Balaban J connectivity index is 1.28. The molecule has 0 radical (unpaired) electrons. The van der Waals surface area contributed by atoms with E-state index in [0.29, 0.717) is 0 Å². The van der Waals surface area contributed by atoms with Gasteiger partial charge in [-0.1, -0.05) is 127 Å². The Bertz CT molecular complexity index is 1420. The van der Waals surface area contributed by atoms with Crippen molar-refractivity contribution in [1.29, 1.82) is 0 Å². The van der Waals surface area contributed by atoms with E-state index in [-0.39, 0.29) is 38.0 Å². The highest BCUT2D eigenvalue weighted by Crippen LogP contribution is 2.15. The van der Waals surface area contributed by atoms with Gasteiger partial charge in [-0.3, -0.25) is 9.59 Å². The molecule has 0 heterocycles. The first kappa shape index (κ1) is 30.2. The van der Waals surface area contributed by atoms with Crippen LogP contribution < -0.4 is 10.4 Å². The molecule has 0 saturated carbocycles. The summed E-state index contributed by atoms with van der Waals surface area (Å²) in [5.41, 5.74) is 3.73. The van der Waals surface area contributed by atoms with Crippen molar-refractivity contribution < 1.29 is 23.9 Å². The minimum absolute atomic E-state index is 0.177. The fourth-order valence-electron chi connectivity index (χ4n) is 4.75. The molecule has 0 saturated heterocycles. The highest BCUT2D eigenvalue weighted by molar-refractivity contribution is 6.86. The first-order valence-electron chi connectivity index (χ1n) is 14.1. The van der Waals surface area contributed by atoms with Crippen LogP contribution in [-0.4, -0.2) is 33.8 Å². The predicted octanol–water partition coefficient (Wildman–Crippen LogP) is 4.80. The number of benzene rings is 4. The number of carbonyl (C=O) groups is 2. The van der Waals surface area contributed by atoms with Gasteiger partial charge in [0.2, 0.25) is 8.32 Å². The van der Waals surface area contributed by atoms with E-state index in [4.69, 9.17) is 9.47 Å². The highest BCUT2D eigenvalue weighted by Gasteiger charge is 2.28. The third kappa shape index (κ3) is 9.67. The van der Waals surface area contributed by atoms with Crippen molar-refractivity contribution in [2.75, 3.05) is 0 Å². The van der Waals surface area contributed by atoms with Crippen LogP contribution in [-0.2, 0) is 45.1 Å². The van der Waals surface area contributed by atoms with Gasteiger partial charge in [0.25, 0.3) is 0 Å². The van der Waals surface area contributed by atoms with Crippen molar-refractivity contribution in [3.8, 4) is 0 Å². The van der Waals surface area contributed by atoms with Crippen LogP contribution in [0.4, 0.5) is 0 Å². The number of hydrogen-bond acceptors (Lipinski definition) is 5. The number of hydrogen-bond donors (Lipinski definition) is 1. The Morgan fingerprint density at radius 2 is 1.17 bits per heavy atom. The Labute approximate surface area is 245 Å². The van der Waals surface area contributed by atoms with Crippen LogP contribution in [0.3, 0.4) is 0 Å². The molecule has 0 aliphatic carbocycles. The molecule has 4 rings (SSSR count). The van der Waals surface area contributed by atoms with Gasteiger partial charge in [-0.15, -0.1) is 0 Å². The lowest BCUT2D eigenvalue weighted by molar-refractivity contribution is -0.145. The minimum Gasteiger partial charge on any atom is -0.461 e. The van der Waals surface area contributed by atoms with Gasteiger partial charge in [-0.2, -0.15) is 0 Å². The number of rotatable bonds is 13. The summed E-state index contributed by atoms with van der Waals surface area (Å²) in [7, 11) is -4.05. The number of carbonyl (C=O) groups excluding carboxylic acids is 2. The van der Waals surface area contributed by atoms with E-state index in [1.165, 1.54) is 5.19 Å². The zero-order valence-corrected chi connectivity index (χ0v) is 25.9. The normalized spacial score (nSPS) is 13.1. The molecule has 4 aromatic carbocycles. The molecule has 7 heteroatoms. The van der Waals surface area contributed by atoms with Crippen LogP contribution in [0.25, 0.3) is 0 Å². The van der Waals surface area contributed by atoms with E-state index in [9.17, 15) is 14.4 Å². The van der Waals surface area contributed by atoms with E-state index in [1.807, 2.05) is 104 Å². The molecule has 2 unspecified atom stereocenters. The molecular weight excluding hydrogens is 545 g/mol. The Morgan fingerprint density at radius 3 is 1.73 bits per heavy atom. The fraction of sp³-hybridized carbons (Fsp3) is 0.235. The van der Waals surface area contributed by atoms with Gasteiger partial charge in [0.05, 0.1) is 21.6 Å². The topological polar surface area (TPSA) is 72.8 Å². The smallest absolute Gasteiger partial charge is 0.310 e. The first-order valence-corrected chi connectivity index (χ1v) is 19.3. The molecule has 0 aliphatic rings. The third-order valence-corrected chi connectivity index (χ3v) is 13.4. The molecule has 0 fully saturated rings. The maximum atomic E-state index is 12.4. The van der Waals surface area contributed by atoms with Crippen LogP contribution in [0.2, 0.25) is 25.2 Å². The van der Waals surface area contributed by atoms with Crippen molar-refractivity contribution in [3.05, 3.63) is 131 Å². The van der Waals surface area contributed by atoms with E-state index in [0.717, 1.165) is 39.5 Å². The second-order valence-corrected chi connectivity index (χ2v) is 17.5. The quantitative estimate of drug-likeness (QED) is 0.181. The SMILES string of the molecule is C[SiH](CC[Si](C)(O)c1cccc(CC(=O)OCc2ccccc2)c1)c1cccc(CC(=O)OCc2ccccc2)c1. The monoisotopic (exact) mass is 582 g/mol. The predicted molar refractivity (Wildman–Crippen MR) is 168 cm³/mol. The van der Waals surface area contributed by atoms with E-state index in [1.54, 1.807) is 0 Å². The van der Waals surface area contributed by atoms with Crippen molar-refractivity contribution in [2.24, 2.45) is 0 Å². The molecule has 5 nitrogen and oxygen atoms in total. The largest absolute Gasteiger partial charge is 0.461 e. The average molecular weight is 583 g/mol. The summed E-state index contributed by atoms with van der Waals surface area (Å²) < 4.78 is 10.9. The zero-order valence-electron chi connectivity index (χ0n) is 23.8. The molecule has 2 atom stereocenters. The van der Waals surface area contributed by atoms with Gasteiger partial charge in [0.15, 0.2) is 0 Å². The minimum atomic E-state index is -2.70. The van der Waals surface area contributed by atoms with Gasteiger partial charge in [0.1, 0.15) is 13.2 Å². The molecule has 41 heavy (non-hydrogen) atoms. The summed E-state index contributed by atoms with van der Waals surface area (Å²) in [6.07, 6.45) is 0.422. The van der Waals surface area contributed by atoms with Crippen molar-refractivity contribution in [3.63, 3.8) is 0 Å². The molecule has 1 N–H and O–H groups in total. The fourth-order valence-corrected chi connectivity index (χ4v) is 11.2. The Kier molecular flexibility index (Phi) is 10.8. The van der Waals surface area contributed by atoms with Crippen LogP contribution >= 0.6 is 0 Å². The Morgan fingerprint density at radius 1 is 0.683 bits per heavy atom. The van der Waals surface area contributed by atoms with Gasteiger partial charge in [-0.05, 0) is 40.0 Å². The van der Waals surface area contributed by atoms with Crippen molar-refractivity contribution >= 4 is 39.4 Å². The highest BCUT2D eigenvalue weighted by atomic mass is 28.4. The standard InChI is InChI=1S/C34H38O5Si2/c1-40(31-17-9-15-29(21-31)23-33(35)38-25-27-11-5-3-6-12-27)19-20-41(2,37)32-18-10-16-30(22-32)24-34(36)39-26-28-13-7-4-8-14-28/h3-18,21-22,37,40H,19-20,23-26H2,1-2H3. The van der Waals surface area contributed by atoms with E-state index in [2.05, 4.69) is 18.7 Å². The third-order valence-electron chi connectivity index (χ3n) is 7.32. The van der Waals surface area contributed by atoms with Crippen LogP contribution in [0.5, 0.6) is 0 Å². The summed E-state index contributed by atoms with van der Waals surface area (Å²) in [5, 5.41) is 2.21. The van der Waals surface area contributed by atoms with Gasteiger partial charge >= 0.3 is 11.9 Å². The molecule has 0 spiro atoms. The first-order chi connectivity index (χ1) is 19.8.